The van der Waals surface area contributed by atoms with Crippen LogP contribution in [0.25, 0.3) is 0 Å². The Morgan fingerprint density at radius 2 is 1.47 bits per heavy atom. The molecule has 0 aliphatic rings. The molecule has 0 saturated carbocycles. The molecule has 9 heteroatoms. The van der Waals surface area contributed by atoms with E-state index in [9.17, 15) is 9.59 Å². The Morgan fingerprint density at radius 1 is 1.06 bits per heavy atom. The van der Waals surface area contributed by atoms with Gasteiger partial charge in [0, 0.05) is 0 Å². The fourth-order valence-electron chi connectivity index (χ4n) is 0.622. The van der Waals surface area contributed by atoms with E-state index in [0.717, 1.165) is 0 Å². The molecular weight excluding hydrogens is 417 g/mol. The van der Waals surface area contributed by atoms with Crippen LogP contribution in [0.5, 0.6) is 0 Å². The Labute approximate surface area is 110 Å². The third kappa shape index (κ3) is 10.9. The first-order valence-corrected chi connectivity index (χ1v) is 11.3. The van der Waals surface area contributed by atoms with Crippen molar-refractivity contribution in [2.24, 2.45) is 10.2 Å². The molecular formula is C8H12HgN4O4+2. The molecule has 2 amide bonds. The van der Waals surface area contributed by atoms with Gasteiger partial charge in [0.2, 0.25) is 0 Å². The molecule has 8 nitrogen and oxygen atoms in total. The molecule has 0 heterocycles. The number of amides is 2. The first kappa shape index (κ1) is 15.6. The van der Waals surface area contributed by atoms with Crippen molar-refractivity contribution < 1.29 is 53.2 Å². The first-order valence-electron chi connectivity index (χ1n) is 4.99. The average molecular weight is 429 g/mol. The average Bonchev–Trinajstić information content (AvgIpc) is 2.28. The predicted octanol–water partition coefficient (Wildman–Crippen LogP) is 0.759. The van der Waals surface area contributed by atoms with Crippen molar-refractivity contribution in [1.82, 2.24) is 0 Å². The molecule has 0 aliphatic heterocycles. The van der Waals surface area contributed by atoms with Gasteiger partial charge in [-0.25, -0.2) is 0 Å². The van der Waals surface area contributed by atoms with Gasteiger partial charge in [0.05, 0.1) is 0 Å². The van der Waals surface area contributed by atoms with Crippen LogP contribution in [0.2, 0.25) is 0 Å². The van der Waals surface area contributed by atoms with Crippen molar-refractivity contribution in [1.29, 1.82) is 0 Å². The molecule has 0 radical (unpaired) electrons. The maximum atomic E-state index is 10.7. The first-order chi connectivity index (χ1) is 8.20. The van der Waals surface area contributed by atoms with Gasteiger partial charge in [-0.05, 0) is 0 Å². The fraction of sp³-hybridized carbons (Fsp3) is 0.500. The van der Waals surface area contributed by atoms with E-state index in [0.29, 0.717) is 0 Å². The van der Waals surface area contributed by atoms with Gasteiger partial charge >= 0.3 is 110 Å². The molecule has 0 aromatic rings. The van der Waals surface area contributed by atoms with Crippen LogP contribution in [-0.4, -0.2) is 42.4 Å². The number of nitrogens with zero attached hydrogens (tertiary/aromatic N) is 4. The van der Waals surface area contributed by atoms with E-state index in [1.54, 1.807) is 21.3 Å². The van der Waals surface area contributed by atoms with E-state index in [1.807, 2.05) is 0 Å². The summed E-state index contributed by atoms with van der Waals surface area (Å²) in [4.78, 5) is 28.4. The molecule has 88 valence electrons. The second-order valence-electron chi connectivity index (χ2n) is 2.43. The standard InChI is InChI=1S/2C4H6N2O2.Hg/c2*1-3-8-4(7)6-5-2;/h2*2H,3H2,1H3;/q2*+1;. The van der Waals surface area contributed by atoms with Crippen LogP contribution in [0, 0.1) is 0 Å². The molecule has 0 saturated heterocycles. The summed E-state index contributed by atoms with van der Waals surface area (Å²) in [5.41, 5.74) is 0. The summed E-state index contributed by atoms with van der Waals surface area (Å²) in [5.74, 6) is 0. The summed E-state index contributed by atoms with van der Waals surface area (Å²) < 4.78 is 12.1. The minimum absolute atomic E-state index is 0.266. The molecule has 0 spiro atoms. The van der Waals surface area contributed by atoms with E-state index in [4.69, 9.17) is 0 Å². The summed E-state index contributed by atoms with van der Waals surface area (Å²) >= 11 is -1.59. The zero-order valence-electron chi connectivity index (χ0n) is 9.70. The minimum atomic E-state index is -1.59. The molecule has 17 heavy (non-hydrogen) atoms. The Balaban J connectivity index is 3.97. The van der Waals surface area contributed by atoms with E-state index in [1.165, 1.54) is 0 Å². The summed E-state index contributed by atoms with van der Waals surface area (Å²) in [7, 11) is 0. The van der Waals surface area contributed by atoms with Crippen molar-refractivity contribution in [3.8, 4) is 0 Å². The van der Waals surface area contributed by atoms with Crippen LogP contribution >= 0.6 is 0 Å². The number of hydrogen-bond acceptors (Lipinski definition) is 4. The molecule has 0 aliphatic carbocycles. The monoisotopic (exact) mass is 430 g/mol. The predicted molar refractivity (Wildman–Crippen MR) is 51.5 cm³/mol. The number of hydrogen-bond donors (Lipinski definition) is 0. The zero-order chi connectivity index (χ0) is 12.9. The van der Waals surface area contributed by atoms with Crippen molar-refractivity contribution in [2.45, 2.75) is 13.8 Å². The molecule has 0 rings (SSSR count). The van der Waals surface area contributed by atoms with Gasteiger partial charge in [-0.2, -0.15) is 0 Å². The van der Waals surface area contributed by atoms with Gasteiger partial charge in [-0.3, -0.25) is 0 Å². The molecule has 0 fully saturated rings. The Morgan fingerprint density at radius 3 is 1.82 bits per heavy atom. The fourth-order valence-corrected chi connectivity index (χ4v) is 2.36. The molecule has 0 N–H and O–H groups in total. The normalized spacial score (nSPS) is 7.65. The second kappa shape index (κ2) is 11.1. The second-order valence-corrected chi connectivity index (χ2v) is 7.10. The van der Waals surface area contributed by atoms with Gasteiger partial charge < -0.3 is 0 Å². The van der Waals surface area contributed by atoms with Crippen LogP contribution in [0.3, 0.4) is 0 Å². The van der Waals surface area contributed by atoms with Crippen molar-refractivity contribution in [3.05, 3.63) is 0 Å². The Kier molecular flexibility index (Phi) is 10.2. The third-order valence-corrected chi connectivity index (χ3v) is 4.10. The Hall–Kier alpha value is -1.36. The van der Waals surface area contributed by atoms with Gasteiger partial charge in [-0.1, -0.05) is 0 Å². The topological polar surface area (TPSA) is 106 Å². The van der Waals surface area contributed by atoms with Crippen LogP contribution in [0.1, 0.15) is 13.8 Å². The molecule has 0 atom stereocenters. The quantitative estimate of drug-likeness (QED) is 0.285. The number of rotatable bonds is 4. The number of carbonyl (C=O) groups excluding carboxylic acids is 2. The molecule has 0 unspecified atom stereocenters. The van der Waals surface area contributed by atoms with E-state index >= 15 is 0 Å². The summed E-state index contributed by atoms with van der Waals surface area (Å²) in [6, 6.07) is 0. The SMILES string of the molecule is CCOC(=O)N=[N+]=[CH][Hg][CH]=[N+]=NC(=O)OCC. The Bertz CT molecular complexity index is 347. The van der Waals surface area contributed by atoms with E-state index in [-0.39, 0.29) is 13.2 Å². The number of carbonyl (C=O) groups is 2. The van der Waals surface area contributed by atoms with Crippen LogP contribution < -0.4 is 0 Å². The van der Waals surface area contributed by atoms with Crippen molar-refractivity contribution in [2.75, 3.05) is 13.2 Å². The van der Waals surface area contributed by atoms with Gasteiger partial charge in [-0.15, -0.1) is 0 Å². The maximum absolute atomic E-state index is 10.7. The van der Waals surface area contributed by atoms with Gasteiger partial charge in [0.1, 0.15) is 0 Å². The molecule has 0 bridgehead atoms. The number of ether oxygens (including phenoxy) is 2. The van der Waals surface area contributed by atoms with Crippen molar-refractivity contribution >= 4 is 19.6 Å². The van der Waals surface area contributed by atoms with Crippen LogP contribution in [-0.2, 0) is 34.0 Å². The van der Waals surface area contributed by atoms with Gasteiger partial charge in [0.25, 0.3) is 0 Å². The van der Waals surface area contributed by atoms with Crippen LogP contribution in [0.15, 0.2) is 10.2 Å². The molecule has 0 aromatic heterocycles. The summed E-state index contributed by atoms with van der Waals surface area (Å²) in [5, 5.41) is 6.51. The summed E-state index contributed by atoms with van der Waals surface area (Å²) in [6.45, 7) is 3.89. The van der Waals surface area contributed by atoms with Crippen LogP contribution in [0.4, 0.5) is 9.59 Å². The van der Waals surface area contributed by atoms with E-state index < -0.39 is 36.8 Å². The van der Waals surface area contributed by atoms with Gasteiger partial charge in [0.15, 0.2) is 0 Å². The summed E-state index contributed by atoms with van der Waals surface area (Å²) in [6.07, 6.45) is -1.43. The van der Waals surface area contributed by atoms with Crippen molar-refractivity contribution in [3.63, 3.8) is 0 Å². The van der Waals surface area contributed by atoms with E-state index in [2.05, 4.69) is 29.3 Å². The third-order valence-electron chi connectivity index (χ3n) is 1.19. The zero-order valence-corrected chi connectivity index (χ0v) is 15.2. The molecule has 0 aromatic carbocycles.